The molecule has 3 aliphatic rings. The largest absolute Gasteiger partial charge is 0.493 e. The summed E-state index contributed by atoms with van der Waals surface area (Å²) in [6.07, 6.45) is 4.58. The third-order valence-electron chi connectivity index (χ3n) is 3.83. The maximum absolute atomic E-state index is 11.5. The van der Waals surface area contributed by atoms with Crippen LogP contribution in [0.2, 0.25) is 0 Å². The SMILES string of the molecule is COc1ccc([C@H]2C[C@H]3C=C[C@@H]2OC3=O)cc1OC. The lowest BCUT2D eigenvalue weighted by molar-refractivity contribution is -0.158. The summed E-state index contributed by atoms with van der Waals surface area (Å²) in [4.78, 5) is 11.5. The van der Waals surface area contributed by atoms with Gasteiger partial charge in [0.05, 0.1) is 20.1 Å². The van der Waals surface area contributed by atoms with Gasteiger partial charge in [-0.2, -0.15) is 0 Å². The molecule has 0 N–H and O–H groups in total. The molecule has 2 heterocycles. The van der Waals surface area contributed by atoms with Gasteiger partial charge in [0.2, 0.25) is 0 Å². The number of esters is 1. The van der Waals surface area contributed by atoms with Crippen molar-refractivity contribution in [3.05, 3.63) is 35.9 Å². The van der Waals surface area contributed by atoms with Crippen LogP contribution in [-0.2, 0) is 9.53 Å². The van der Waals surface area contributed by atoms with E-state index in [2.05, 4.69) is 0 Å². The molecule has 2 aliphatic heterocycles. The highest BCUT2D eigenvalue weighted by Gasteiger charge is 2.40. The molecule has 0 radical (unpaired) electrons. The van der Waals surface area contributed by atoms with E-state index < -0.39 is 0 Å². The van der Waals surface area contributed by atoms with Gasteiger partial charge in [0.1, 0.15) is 6.10 Å². The molecule has 1 fully saturated rings. The van der Waals surface area contributed by atoms with Crippen LogP contribution in [0, 0.1) is 5.92 Å². The Morgan fingerprint density at radius 1 is 1.16 bits per heavy atom. The molecular weight excluding hydrogens is 244 g/mol. The minimum absolute atomic E-state index is 0.107. The molecule has 0 spiro atoms. The zero-order valence-electron chi connectivity index (χ0n) is 11.0. The zero-order chi connectivity index (χ0) is 13.4. The van der Waals surface area contributed by atoms with Gasteiger partial charge >= 0.3 is 5.97 Å². The van der Waals surface area contributed by atoms with E-state index in [1.54, 1.807) is 14.2 Å². The number of hydrogen-bond acceptors (Lipinski definition) is 4. The molecule has 2 bridgehead atoms. The highest BCUT2D eigenvalue weighted by Crippen LogP contribution is 2.41. The smallest absolute Gasteiger partial charge is 0.313 e. The molecule has 0 amide bonds. The van der Waals surface area contributed by atoms with Gasteiger partial charge in [0, 0.05) is 5.92 Å². The Hall–Kier alpha value is -1.97. The van der Waals surface area contributed by atoms with Crippen LogP contribution >= 0.6 is 0 Å². The molecule has 1 saturated heterocycles. The molecule has 1 aromatic carbocycles. The maximum atomic E-state index is 11.5. The third-order valence-corrected chi connectivity index (χ3v) is 3.83. The lowest BCUT2D eigenvalue weighted by atomic mass is 9.78. The van der Waals surface area contributed by atoms with Crippen molar-refractivity contribution in [3.8, 4) is 11.5 Å². The molecule has 0 saturated carbocycles. The summed E-state index contributed by atoms with van der Waals surface area (Å²) in [5.74, 6) is 1.40. The van der Waals surface area contributed by atoms with Crippen LogP contribution in [0.25, 0.3) is 0 Å². The van der Waals surface area contributed by atoms with E-state index in [0.717, 1.165) is 12.0 Å². The van der Waals surface area contributed by atoms with Crippen LogP contribution in [0.3, 0.4) is 0 Å². The lowest BCUT2D eigenvalue weighted by Crippen LogP contribution is -2.39. The predicted molar refractivity (Wildman–Crippen MR) is 69.4 cm³/mol. The Labute approximate surface area is 112 Å². The molecule has 4 heteroatoms. The van der Waals surface area contributed by atoms with Crippen LogP contribution in [0.4, 0.5) is 0 Å². The fourth-order valence-corrected chi connectivity index (χ4v) is 2.79. The van der Waals surface area contributed by atoms with E-state index in [9.17, 15) is 4.79 Å². The van der Waals surface area contributed by atoms with E-state index >= 15 is 0 Å². The Morgan fingerprint density at radius 2 is 1.95 bits per heavy atom. The Balaban J connectivity index is 1.92. The molecule has 100 valence electrons. The molecule has 1 aliphatic carbocycles. The first-order chi connectivity index (χ1) is 9.22. The second-order valence-corrected chi connectivity index (χ2v) is 4.85. The average Bonchev–Trinajstić information content (AvgIpc) is 2.47. The van der Waals surface area contributed by atoms with E-state index in [-0.39, 0.29) is 23.9 Å². The van der Waals surface area contributed by atoms with Crippen LogP contribution in [-0.4, -0.2) is 26.3 Å². The minimum Gasteiger partial charge on any atom is -0.493 e. The summed E-state index contributed by atoms with van der Waals surface area (Å²) in [6, 6.07) is 5.86. The first kappa shape index (κ1) is 12.1. The number of carbonyl (C=O) groups excluding carboxylic acids is 1. The Bertz CT molecular complexity index is 535. The van der Waals surface area contributed by atoms with Crippen molar-refractivity contribution in [2.24, 2.45) is 5.92 Å². The number of fused-ring (bicyclic) bond motifs is 2. The highest BCUT2D eigenvalue weighted by molar-refractivity contribution is 5.77. The lowest BCUT2D eigenvalue weighted by Gasteiger charge is -2.37. The Morgan fingerprint density at radius 3 is 2.53 bits per heavy atom. The standard InChI is InChI=1S/C15H16O4/c1-17-13-6-3-9(8-14(13)18-2)11-7-10-4-5-12(11)19-15(10)16/h3-6,8,10-12H,7H2,1-2H3/t10-,11-,12+/m1/s1. The topological polar surface area (TPSA) is 44.8 Å². The van der Waals surface area contributed by atoms with Crippen molar-refractivity contribution in [1.29, 1.82) is 0 Å². The normalized spacial score (nSPS) is 28.1. The molecule has 3 atom stereocenters. The number of rotatable bonds is 3. The summed E-state index contributed by atoms with van der Waals surface area (Å²) < 4.78 is 15.9. The van der Waals surface area contributed by atoms with Crippen LogP contribution < -0.4 is 9.47 Å². The van der Waals surface area contributed by atoms with Crippen molar-refractivity contribution < 1.29 is 19.0 Å². The minimum atomic E-state index is -0.157. The molecule has 0 unspecified atom stereocenters. The number of benzene rings is 1. The summed E-state index contributed by atoms with van der Waals surface area (Å²) in [5, 5.41) is 0. The van der Waals surface area contributed by atoms with Gasteiger partial charge in [-0.1, -0.05) is 12.1 Å². The number of methoxy groups -OCH3 is 2. The molecule has 0 aromatic heterocycles. The molecular formula is C15H16O4. The van der Waals surface area contributed by atoms with E-state index in [4.69, 9.17) is 14.2 Å². The van der Waals surface area contributed by atoms with Gasteiger partial charge in [0.15, 0.2) is 11.5 Å². The third kappa shape index (κ3) is 1.97. The fourth-order valence-electron chi connectivity index (χ4n) is 2.79. The monoisotopic (exact) mass is 260 g/mol. The first-order valence-corrected chi connectivity index (χ1v) is 6.33. The van der Waals surface area contributed by atoms with Crippen LogP contribution in [0.5, 0.6) is 11.5 Å². The number of ether oxygens (including phenoxy) is 3. The van der Waals surface area contributed by atoms with Crippen molar-refractivity contribution in [2.75, 3.05) is 14.2 Å². The second kappa shape index (κ2) is 4.61. The van der Waals surface area contributed by atoms with Crippen molar-refractivity contribution in [3.63, 3.8) is 0 Å². The highest BCUT2D eigenvalue weighted by atomic mass is 16.5. The summed E-state index contributed by atoms with van der Waals surface area (Å²) in [5.41, 5.74) is 1.12. The fraction of sp³-hybridized carbons (Fsp3) is 0.400. The molecule has 19 heavy (non-hydrogen) atoms. The molecule has 4 nitrogen and oxygen atoms in total. The quantitative estimate of drug-likeness (QED) is 0.618. The van der Waals surface area contributed by atoms with Gasteiger partial charge in [-0.05, 0) is 30.2 Å². The van der Waals surface area contributed by atoms with Gasteiger partial charge < -0.3 is 14.2 Å². The van der Waals surface area contributed by atoms with E-state index in [1.165, 1.54) is 0 Å². The van der Waals surface area contributed by atoms with Crippen LogP contribution in [0.15, 0.2) is 30.4 Å². The van der Waals surface area contributed by atoms with Crippen LogP contribution in [0.1, 0.15) is 17.9 Å². The summed E-state index contributed by atoms with van der Waals surface area (Å²) in [7, 11) is 3.24. The second-order valence-electron chi connectivity index (χ2n) is 4.85. The van der Waals surface area contributed by atoms with E-state index in [0.29, 0.717) is 11.5 Å². The van der Waals surface area contributed by atoms with Crippen molar-refractivity contribution in [1.82, 2.24) is 0 Å². The van der Waals surface area contributed by atoms with Gasteiger partial charge in [-0.15, -0.1) is 0 Å². The maximum Gasteiger partial charge on any atom is 0.313 e. The Kier molecular flexibility index (Phi) is 2.93. The molecule has 1 aromatic rings. The first-order valence-electron chi connectivity index (χ1n) is 6.33. The number of hydrogen-bond donors (Lipinski definition) is 0. The zero-order valence-corrected chi connectivity index (χ0v) is 11.0. The van der Waals surface area contributed by atoms with Crippen molar-refractivity contribution >= 4 is 5.97 Å². The van der Waals surface area contributed by atoms with E-state index in [1.807, 2.05) is 30.4 Å². The van der Waals surface area contributed by atoms with Gasteiger partial charge in [-0.3, -0.25) is 4.79 Å². The predicted octanol–water partition coefficient (Wildman–Crippen LogP) is 2.29. The molecule has 4 rings (SSSR count). The van der Waals surface area contributed by atoms with Gasteiger partial charge in [0.25, 0.3) is 0 Å². The van der Waals surface area contributed by atoms with Gasteiger partial charge in [-0.25, -0.2) is 0 Å². The average molecular weight is 260 g/mol. The number of carbonyl (C=O) groups is 1. The summed E-state index contributed by atoms with van der Waals surface area (Å²) >= 11 is 0. The van der Waals surface area contributed by atoms with Crippen molar-refractivity contribution in [2.45, 2.75) is 18.4 Å². The summed E-state index contributed by atoms with van der Waals surface area (Å²) in [6.45, 7) is 0.